The summed E-state index contributed by atoms with van der Waals surface area (Å²) < 4.78 is 17.8. The van der Waals surface area contributed by atoms with E-state index in [9.17, 15) is 24.3 Å². The van der Waals surface area contributed by atoms with E-state index in [2.05, 4.69) is 20.9 Å². The van der Waals surface area contributed by atoms with E-state index in [4.69, 9.17) is 24.7 Å². The fourth-order valence-corrected chi connectivity index (χ4v) is 3.06. The van der Waals surface area contributed by atoms with Crippen molar-refractivity contribution in [2.24, 2.45) is 5.73 Å². The van der Waals surface area contributed by atoms with Gasteiger partial charge in [0.05, 0.1) is 0 Å². The molecule has 3 N–H and O–H groups in total. The molecule has 11 nitrogen and oxygen atoms in total. The van der Waals surface area contributed by atoms with E-state index >= 15 is 0 Å². The molecule has 4 unspecified atom stereocenters. The van der Waals surface area contributed by atoms with Crippen molar-refractivity contribution < 1.29 is 43.2 Å². The summed E-state index contributed by atoms with van der Waals surface area (Å²) in [5.74, 6) is -2.39. The number of pyridine rings is 1. The average Bonchev–Trinajstić information content (AvgIpc) is 2.83. The van der Waals surface area contributed by atoms with Gasteiger partial charge in [-0.15, -0.1) is 0 Å². The highest BCUT2D eigenvalue weighted by Gasteiger charge is 2.57. The van der Waals surface area contributed by atoms with Crippen LogP contribution in [0.3, 0.4) is 0 Å². The first-order chi connectivity index (χ1) is 13.8. The van der Waals surface area contributed by atoms with Crippen LogP contribution in [0.1, 0.15) is 36.8 Å². The summed E-state index contributed by atoms with van der Waals surface area (Å²) in [6.07, 6.45) is -1.83. The van der Waals surface area contributed by atoms with Crippen LogP contribution in [0.15, 0.2) is 18.3 Å². The Balaban J connectivity index is 0.000000375. The third kappa shape index (κ3) is 7.69. The molecule has 1 saturated heterocycles. The van der Waals surface area contributed by atoms with Gasteiger partial charge in [-0.05, 0) is 34.5 Å². The van der Waals surface area contributed by atoms with Gasteiger partial charge in [-0.3, -0.25) is 24.2 Å². The Hall–Kier alpha value is -2.57. The Morgan fingerprint density at radius 2 is 1.80 bits per heavy atom. The molecule has 0 spiro atoms. The maximum Gasteiger partial charge on any atom is 0.303 e. The van der Waals surface area contributed by atoms with Crippen LogP contribution in [0.2, 0.25) is 0 Å². The summed E-state index contributed by atoms with van der Waals surface area (Å²) in [6, 6.07) is 3.56. The number of aryl methyl sites for hydroxylation is 1. The Kier molecular flexibility index (Phi) is 9.33. The molecule has 0 bridgehead atoms. The van der Waals surface area contributed by atoms with Gasteiger partial charge in [0.25, 0.3) is 10.6 Å². The number of esters is 3. The number of amides is 1. The zero-order chi connectivity index (χ0) is 23.1. The van der Waals surface area contributed by atoms with E-state index in [0.29, 0.717) is 5.69 Å². The van der Waals surface area contributed by atoms with Gasteiger partial charge in [-0.25, -0.2) is 0 Å². The van der Waals surface area contributed by atoms with Crippen molar-refractivity contribution in [1.29, 1.82) is 0 Å². The highest BCUT2D eigenvalue weighted by atomic mass is 79.9. The number of aromatic nitrogens is 1. The van der Waals surface area contributed by atoms with Gasteiger partial charge in [0, 0.05) is 27.0 Å². The minimum atomic E-state index is -2.04. The Labute approximate surface area is 180 Å². The number of ether oxygens (including phenoxy) is 4. The second-order valence-corrected chi connectivity index (χ2v) is 7.34. The van der Waals surface area contributed by atoms with Crippen LogP contribution in [-0.4, -0.2) is 63.5 Å². The predicted molar refractivity (Wildman–Crippen MR) is 104 cm³/mol. The first-order valence-electron chi connectivity index (χ1n) is 8.63. The predicted octanol–water partition coefficient (Wildman–Crippen LogP) is 0.342. The Morgan fingerprint density at radius 3 is 2.23 bits per heavy atom. The molecule has 1 aliphatic heterocycles. The van der Waals surface area contributed by atoms with Gasteiger partial charge in [-0.1, -0.05) is 6.07 Å². The summed E-state index contributed by atoms with van der Waals surface area (Å²) in [4.78, 5) is 47.3. The topological polar surface area (TPSA) is 164 Å². The monoisotopic (exact) mass is 490 g/mol. The molecule has 0 radical (unpaired) electrons. The fourth-order valence-electron chi connectivity index (χ4n) is 2.46. The van der Waals surface area contributed by atoms with Crippen LogP contribution in [0.25, 0.3) is 0 Å². The van der Waals surface area contributed by atoms with Crippen molar-refractivity contribution >= 4 is 39.7 Å². The maximum atomic E-state index is 11.1. The lowest BCUT2D eigenvalue weighted by molar-refractivity contribution is -0.184. The summed E-state index contributed by atoms with van der Waals surface area (Å²) in [6.45, 7) is 5.01. The number of primary amides is 1. The van der Waals surface area contributed by atoms with Crippen LogP contribution >= 0.6 is 15.9 Å². The molecule has 1 aliphatic rings. The second-order valence-electron chi connectivity index (χ2n) is 6.21. The van der Waals surface area contributed by atoms with Crippen LogP contribution in [-0.2, 0) is 33.3 Å². The zero-order valence-electron chi connectivity index (χ0n) is 16.8. The highest BCUT2D eigenvalue weighted by Crippen LogP contribution is 2.38. The number of alkyl halides is 1. The molecule has 0 aliphatic carbocycles. The number of nitrogens with two attached hydrogens (primary N) is 1. The molecule has 2 rings (SSSR count). The van der Waals surface area contributed by atoms with E-state index < -0.39 is 46.8 Å². The number of hydrogen-bond acceptors (Lipinski definition) is 10. The van der Waals surface area contributed by atoms with Gasteiger partial charge >= 0.3 is 17.9 Å². The molecule has 166 valence electrons. The first kappa shape index (κ1) is 25.5. The second kappa shape index (κ2) is 11.0. The highest BCUT2D eigenvalue weighted by molar-refractivity contribution is 9.10. The molecule has 1 amide bonds. The van der Waals surface area contributed by atoms with Crippen molar-refractivity contribution in [2.45, 2.75) is 50.7 Å². The number of hydrogen-bond donors (Lipinski definition) is 2. The molecule has 1 fully saturated rings. The van der Waals surface area contributed by atoms with Crippen LogP contribution in [0.4, 0.5) is 0 Å². The molecular weight excluding hydrogens is 468 g/mol. The van der Waals surface area contributed by atoms with E-state index in [-0.39, 0.29) is 6.61 Å². The molecule has 30 heavy (non-hydrogen) atoms. The zero-order valence-corrected chi connectivity index (χ0v) is 18.4. The number of rotatable bonds is 5. The lowest BCUT2D eigenvalue weighted by Gasteiger charge is -2.24. The summed E-state index contributed by atoms with van der Waals surface area (Å²) in [5.41, 5.74) is 6.18. The van der Waals surface area contributed by atoms with Gasteiger partial charge in [-0.2, -0.15) is 0 Å². The van der Waals surface area contributed by atoms with E-state index in [0.717, 1.165) is 19.4 Å². The average molecular weight is 491 g/mol. The number of nitrogens with zero attached hydrogens (tertiary/aromatic N) is 1. The SMILES string of the molecule is CC(=O)OCC1OC(O)(Br)C(OC(C)=O)C1OC(C)=O.Cc1cccnc1C(N)=O. The van der Waals surface area contributed by atoms with Gasteiger partial charge in [0.15, 0.2) is 6.10 Å². The number of carbonyl (C=O) groups excluding carboxylic acids is 4. The molecule has 0 aromatic carbocycles. The molecule has 2 heterocycles. The molecule has 1 aromatic heterocycles. The molecule has 0 saturated carbocycles. The smallest absolute Gasteiger partial charge is 0.303 e. The van der Waals surface area contributed by atoms with Gasteiger partial charge < -0.3 is 29.8 Å². The normalized spacial score (nSPS) is 24.8. The molecule has 12 heteroatoms. The van der Waals surface area contributed by atoms with E-state index in [1.54, 1.807) is 25.3 Å². The number of carbonyl (C=O) groups is 4. The van der Waals surface area contributed by atoms with Crippen molar-refractivity contribution in [3.63, 3.8) is 0 Å². The van der Waals surface area contributed by atoms with E-state index in [1.807, 2.05) is 0 Å². The van der Waals surface area contributed by atoms with Gasteiger partial charge in [0.1, 0.15) is 18.4 Å². The largest absolute Gasteiger partial charge is 0.463 e. The van der Waals surface area contributed by atoms with E-state index in [1.165, 1.54) is 6.92 Å². The minimum absolute atomic E-state index is 0.265. The van der Waals surface area contributed by atoms with Crippen molar-refractivity contribution in [3.05, 3.63) is 29.6 Å². The van der Waals surface area contributed by atoms with Crippen molar-refractivity contribution in [1.82, 2.24) is 4.98 Å². The molecule has 4 atom stereocenters. The lowest BCUT2D eigenvalue weighted by Crippen LogP contribution is -2.44. The minimum Gasteiger partial charge on any atom is -0.463 e. The molecule has 1 aromatic rings. The fraction of sp³-hybridized carbons (Fsp3) is 0.500. The third-order valence-corrected chi connectivity index (χ3v) is 4.26. The van der Waals surface area contributed by atoms with Crippen molar-refractivity contribution in [3.8, 4) is 0 Å². The lowest BCUT2D eigenvalue weighted by atomic mass is 10.1. The Morgan fingerprint density at radius 1 is 1.20 bits per heavy atom. The van der Waals surface area contributed by atoms with Crippen LogP contribution in [0.5, 0.6) is 0 Å². The van der Waals surface area contributed by atoms with Crippen LogP contribution in [0, 0.1) is 6.92 Å². The third-order valence-electron chi connectivity index (χ3n) is 3.62. The van der Waals surface area contributed by atoms with Crippen LogP contribution < -0.4 is 5.73 Å². The molecular formula is C18H23BrN2O9. The number of halogens is 1. The van der Waals surface area contributed by atoms with Crippen molar-refractivity contribution in [2.75, 3.05) is 6.61 Å². The summed E-state index contributed by atoms with van der Waals surface area (Å²) >= 11 is 2.84. The first-order valence-corrected chi connectivity index (χ1v) is 9.42. The Bertz CT molecular complexity index is 800. The maximum absolute atomic E-state index is 11.1. The van der Waals surface area contributed by atoms with Gasteiger partial charge in [0.2, 0.25) is 6.10 Å². The number of aliphatic hydroxyl groups is 1. The summed E-state index contributed by atoms with van der Waals surface area (Å²) in [5, 5.41) is 10.0. The standard InChI is InChI=1S/C11H15BrO8.C7H8N2O/c1-5(13)17-4-8-9(18-6(2)14)10(19-7(3)15)11(12,16)20-8;1-5-3-2-4-9-6(5)7(8)10/h8-10,16H,4H2,1-3H3;2-4H,1H3,(H2,8,10). The quantitative estimate of drug-likeness (QED) is 0.333. The summed E-state index contributed by atoms with van der Waals surface area (Å²) in [7, 11) is 0.